The molecule has 232 valence electrons. The molecule has 0 bridgehead atoms. The Morgan fingerprint density at radius 3 is 1.95 bits per heavy atom. The number of aryl methyl sites for hydroxylation is 2. The van der Waals surface area contributed by atoms with Crippen LogP contribution in [-0.2, 0) is 26.2 Å². The van der Waals surface area contributed by atoms with Gasteiger partial charge in [-0.3, -0.25) is 13.9 Å². The maximum absolute atomic E-state index is 14.3. The number of sulfonamides is 1. The van der Waals surface area contributed by atoms with Gasteiger partial charge in [-0.15, -0.1) is 0 Å². The molecule has 0 radical (unpaired) electrons. The van der Waals surface area contributed by atoms with Crippen molar-refractivity contribution >= 4 is 27.5 Å². The molecule has 0 heterocycles. The number of hydrogen-bond donors (Lipinski definition) is 1. The SMILES string of the molecule is CCC(C)NC(=O)C(CC)N(Cc1ccc(C)cc1)C(=O)CN(c1ccc(OC)c(OC)c1)S(=O)(=O)c1ccc(C)cc1. The molecular formula is C33H43N3O6S. The largest absolute Gasteiger partial charge is 0.493 e. The van der Waals surface area contributed by atoms with Crippen molar-refractivity contribution < 1.29 is 27.5 Å². The molecule has 0 aliphatic rings. The first kappa shape index (κ1) is 33.5. The fourth-order valence-corrected chi connectivity index (χ4v) is 6.00. The minimum atomic E-state index is -4.21. The number of nitrogens with one attached hydrogen (secondary N) is 1. The van der Waals surface area contributed by atoms with Gasteiger partial charge in [-0.05, 0) is 63.4 Å². The smallest absolute Gasteiger partial charge is 0.264 e. The van der Waals surface area contributed by atoms with E-state index in [1.165, 1.54) is 37.3 Å². The summed E-state index contributed by atoms with van der Waals surface area (Å²) in [6, 6.07) is 17.9. The van der Waals surface area contributed by atoms with Crippen LogP contribution in [0.2, 0.25) is 0 Å². The standard InChI is InChI=1S/C33H43N3O6S/c1-8-25(5)34-33(38)29(9-2)35(21-26-14-10-23(3)11-15-26)32(37)22-36(27-16-19-30(41-6)31(20-27)42-7)43(39,40)28-17-12-24(4)13-18-28/h10-20,25,29H,8-9,21-22H2,1-7H3,(H,34,38). The third-order valence-corrected chi connectivity index (χ3v) is 9.19. The quantitative estimate of drug-likeness (QED) is 0.268. The molecule has 0 spiro atoms. The van der Waals surface area contributed by atoms with Gasteiger partial charge >= 0.3 is 0 Å². The van der Waals surface area contributed by atoms with Crippen LogP contribution >= 0.6 is 0 Å². The second kappa shape index (κ2) is 14.9. The highest BCUT2D eigenvalue weighted by Gasteiger charge is 2.34. The van der Waals surface area contributed by atoms with Crippen LogP contribution in [0.1, 0.15) is 50.3 Å². The molecule has 3 rings (SSSR count). The van der Waals surface area contributed by atoms with Gasteiger partial charge < -0.3 is 19.7 Å². The zero-order chi connectivity index (χ0) is 31.7. The number of nitrogens with zero attached hydrogens (tertiary/aromatic N) is 2. The molecule has 2 atom stereocenters. The number of amides is 2. The Hall–Kier alpha value is -4.05. The lowest BCUT2D eigenvalue weighted by Crippen LogP contribution is -2.53. The fraction of sp³-hybridized carbons (Fsp3) is 0.394. The molecule has 0 fully saturated rings. The van der Waals surface area contributed by atoms with Gasteiger partial charge in [0.1, 0.15) is 12.6 Å². The van der Waals surface area contributed by atoms with Crippen LogP contribution in [0.4, 0.5) is 5.69 Å². The fourth-order valence-electron chi connectivity index (χ4n) is 4.60. The zero-order valence-electron chi connectivity index (χ0n) is 26.1. The molecule has 3 aromatic carbocycles. The van der Waals surface area contributed by atoms with Gasteiger partial charge in [-0.25, -0.2) is 8.42 Å². The Balaban J connectivity index is 2.11. The van der Waals surface area contributed by atoms with Gasteiger partial charge in [0, 0.05) is 18.7 Å². The van der Waals surface area contributed by atoms with Crippen LogP contribution in [-0.4, -0.2) is 58.0 Å². The van der Waals surface area contributed by atoms with Crippen LogP contribution in [0.25, 0.3) is 0 Å². The predicted molar refractivity (Wildman–Crippen MR) is 169 cm³/mol. The van der Waals surface area contributed by atoms with Crippen LogP contribution in [0.3, 0.4) is 0 Å². The molecule has 1 N–H and O–H groups in total. The molecule has 0 aromatic heterocycles. The Bertz CT molecular complexity index is 1490. The number of methoxy groups -OCH3 is 2. The molecule has 2 unspecified atom stereocenters. The summed E-state index contributed by atoms with van der Waals surface area (Å²) in [4.78, 5) is 29.2. The molecule has 0 aliphatic carbocycles. The van der Waals surface area contributed by atoms with Gasteiger partial charge in [0.2, 0.25) is 11.8 Å². The Morgan fingerprint density at radius 2 is 1.42 bits per heavy atom. The second-order valence-electron chi connectivity index (χ2n) is 10.6. The van der Waals surface area contributed by atoms with E-state index in [-0.39, 0.29) is 29.1 Å². The van der Waals surface area contributed by atoms with E-state index in [1.54, 1.807) is 24.3 Å². The van der Waals surface area contributed by atoms with Crippen LogP contribution < -0.4 is 19.1 Å². The predicted octanol–water partition coefficient (Wildman–Crippen LogP) is 5.24. The minimum absolute atomic E-state index is 0.0346. The summed E-state index contributed by atoms with van der Waals surface area (Å²) in [6.45, 7) is 9.15. The first-order chi connectivity index (χ1) is 20.4. The van der Waals surface area contributed by atoms with Gasteiger partial charge in [-0.1, -0.05) is 61.4 Å². The monoisotopic (exact) mass is 609 g/mol. The number of carbonyl (C=O) groups excluding carboxylic acids is 2. The van der Waals surface area contributed by atoms with E-state index >= 15 is 0 Å². The van der Waals surface area contributed by atoms with E-state index in [0.29, 0.717) is 17.9 Å². The van der Waals surface area contributed by atoms with E-state index < -0.39 is 28.5 Å². The Labute approximate surface area is 255 Å². The summed E-state index contributed by atoms with van der Waals surface area (Å²) >= 11 is 0. The van der Waals surface area contributed by atoms with Crippen LogP contribution in [0.5, 0.6) is 11.5 Å². The van der Waals surface area contributed by atoms with E-state index in [0.717, 1.165) is 27.4 Å². The maximum atomic E-state index is 14.3. The molecule has 43 heavy (non-hydrogen) atoms. The van der Waals surface area contributed by atoms with Crippen molar-refractivity contribution in [1.82, 2.24) is 10.2 Å². The number of benzene rings is 3. The molecule has 0 aliphatic heterocycles. The van der Waals surface area contributed by atoms with E-state index in [9.17, 15) is 18.0 Å². The summed E-state index contributed by atoms with van der Waals surface area (Å²) in [5, 5.41) is 2.99. The lowest BCUT2D eigenvalue weighted by Gasteiger charge is -2.34. The van der Waals surface area contributed by atoms with Crippen molar-refractivity contribution in [3.05, 3.63) is 83.4 Å². The Morgan fingerprint density at radius 1 is 0.837 bits per heavy atom. The molecule has 2 amide bonds. The van der Waals surface area contributed by atoms with Gasteiger partial charge in [0.15, 0.2) is 11.5 Å². The highest BCUT2D eigenvalue weighted by molar-refractivity contribution is 7.92. The van der Waals surface area contributed by atoms with Crippen molar-refractivity contribution in [2.24, 2.45) is 0 Å². The van der Waals surface area contributed by atoms with Crippen molar-refractivity contribution in [2.45, 2.75) is 71.0 Å². The maximum Gasteiger partial charge on any atom is 0.264 e. The molecule has 0 saturated carbocycles. The van der Waals surface area contributed by atoms with Crippen molar-refractivity contribution in [1.29, 1.82) is 0 Å². The van der Waals surface area contributed by atoms with Crippen LogP contribution in [0, 0.1) is 13.8 Å². The zero-order valence-corrected chi connectivity index (χ0v) is 26.9. The summed E-state index contributed by atoms with van der Waals surface area (Å²) in [5.41, 5.74) is 3.01. The summed E-state index contributed by atoms with van der Waals surface area (Å²) in [5.74, 6) is -0.0694. The highest BCUT2D eigenvalue weighted by Crippen LogP contribution is 2.34. The van der Waals surface area contributed by atoms with E-state index in [4.69, 9.17) is 9.47 Å². The molecular weight excluding hydrogens is 566 g/mol. The molecule has 9 nitrogen and oxygen atoms in total. The number of hydrogen-bond acceptors (Lipinski definition) is 6. The van der Waals surface area contributed by atoms with Gasteiger partial charge in [0.05, 0.1) is 24.8 Å². The van der Waals surface area contributed by atoms with E-state index in [1.807, 2.05) is 58.9 Å². The minimum Gasteiger partial charge on any atom is -0.493 e. The van der Waals surface area contributed by atoms with E-state index in [2.05, 4.69) is 5.32 Å². The molecule has 0 saturated heterocycles. The first-order valence-corrected chi connectivity index (χ1v) is 15.9. The lowest BCUT2D eigenvalue weighted by atomic mass is 10.1. The summed E-state index contributed by atoms with van der Waals surface area (Å²) in [6.07, 6.45) is 1.08. The molecule has 3 aromatic rings. The second-order valence-corrected chi connectivity index (χ2v) is 12.5. The topological polar surface area (TPSA) is 105 Å². The van der Waals surface area contributed by atoms with Crippen molar-refractivity contribution in [2.75, 3.05) is 25.1 Å². The van der Waals surface area contributed by atoms with Crippen molar-refractivity contribution in [3.8, 4) is 11.5 Å². The van der Waals surface area contributed by atoms with Gasteiger partial charge in [0.25, 0.3) is 10.0 Å². The van der Waals surface area contributed by atoms with Crippen LogP contribution in [0.15, 0.2) is 71.6 Å². The number of carbonyl (C=O) groups is 2. The summed E-state index contributed by atoms with van der Waals surface area (Å²) in [7, 11) is -1.27. The summed E-state index contributed by atoms with van der Waals surface area (Å²) < 4.78 is 40.1. The first-order valence-electron chi connectivity index (χ1n) is 14.4. The third-order valence-electron chi connectivity index (χ3n) is 7.40. The molecule has 10 heteroatoms. The number of ether oxygens (including phenoxy) is 2. The number of anilines is 1. The average molecular weight is 610 g/mol. The highest BCUT2D eigenvalue weighted by atomic mass is 32.2. The average Bonchev–Trinajstić information content (AvgIpc) is 3.00. The Kier molecular flexibility index (Phi) is 11.6. The lowest BCUT2D eigenvalue weighted by molar-refractivity contribution is -0.140. The van der Waals surface area contributed by atoms with Gasteiger partial charge in [-0.2, -0.15) is 0 Å². The van der Waals surface area contributed by atoms with Crippen molar-refractivity contribution in [3.63, 3.8) is 0 Å². The number of rotatable bonds is 14. The normalized spacial score (nSPS) is 12.6. The third kappa shape index (κ3) is 8.28.